The number of hydrogen-bond donors (Lipinski definition) is 1. The van der Waals surface area contributed by atoms with Crippen LogP contribution in [-0.4, -0.2) is 94.8 Å². The summed E-state index contributed by atoms with van der Waals surface area (Å²) in [6, 6.07) is 19.1. The smallest absolute Gasteiger partial charge is 0.327 e. The summed E-state index contributed by atoms with van der Waals surface area (Å²) in [5, 5.41) is 15.7. The third-order valence-corrected chi connectivity index (χ3v) is 10.8. The molecule has 3 aliphatic rings. The minimum Gasteiger partial charge on any atom is -0.488 e. The summed E-state index contributed by atoms with van der Waals surface area (Å²) in [5.74, 6) is -0.763. The predicted molar refractivity (Wildman–Crippen MR) is 205 cm³/mol. The molecule has 55 heavy (non-hydrogen) atoms. The van der Waals surface area contributed by atoms with E-state index in [4.69, 9.17) is 14.2 Å². The van der Waals surface area contributed by atoms with Crippen LogP contribution in [0.5, 0.6) is 5.75 Å². The van der Waals surface area contributed by atoms with Crippen molar-refractivity contribution in [2.75, 3.05) is 60.6 Å². The normalized spacial score (nSPS) is 23.0. The zero-order valence-corrected chi connectivity index (χ0v) is 31.8. The van der Waals surface area contributed by atoms with Crippen molar-refractivity contribution in [1.82, 2.24) is 19.7 Å². The molecule has 0 radical (unpaired) electrons. The lowest BCUT2D eigenvalue weighted by molar-refractivity contribution is -0.117. The standard InChI is InChI=1S/C41H51F2N7O5/c1-4-5-6-7-18-41(52)26-49(39(51)50(41)30(2)3)34-11-9-32(10-12-34)46-19-21-47(22-20-46)33-13-15-35(16-14-33)53-24-38-54-27-40(55-38,25-48-29-44-28-45-48)36-17-8-31(42)23-37(36)43/h8-17,23,28-30,38,52H,4-7,18-22,24-27H2,1-3H3/t38-,40+,41?/m0/s1. The van der Waals surface area contributed by atoms with Crippen molar-refractivity contribution in [2.24, 2.45) is 0 Å². The van der Waals surface area contributed by atoms with Crippen LogP contribution in [0.1, 0.15) is 58.4 Å². The average molecular weight is 760 g/mol. The summed E-state index contributed by atoms with van der Waals surface area (Å²) in [6.07, 6.45) is 6.86. The first-order chi connectivity index (χ1) is 26.6. The highest BCUT2D eigenvalue weighted by Crippen LogP contribution is 2.38. The lowest BCUT2D eigenvalue weighted by Crippen LogP contribution is -2.50. The Morgan fingerprint density at radius 2 is 1.60 bits per heavy atom. The zero-order chi connectivity index (χ0) is 38.6. The van der Waals surface area contributed by atoms with Crippen molar-refractivity contribution in [2.45, 2.75) is 83.1 Å². The monoisotopic (exact) mass is 759 g/mol. The number of carbonyl (C=O) groups is 1. The number of aliphatic hydroxyl groups is 1. The van der Waals surface area contributed by atoms with E-state index in [2.05, 4.69) is 38.9 Å². The van der Waals surface area contributed by atoms with Gasteiger partial charge in [0.25, 0.3) is 0 Å². The number of unbranched alkanes of at least 4 members (excludes halogenated alkanes) is 3. The van der Waals surface area contributed by atoms with Crippen molar-refractivity contribution >= 4 is 23.1 Å². The average Bonchev–Trinajstić information content (AvgIpc) is 3.91. The second kappa shape index (κ2) is 16.5. The number of anilines is 3. The van der Waals surface area contributed by atoms with Gasteiger partial charge >= 0.3 is 6.03 Å². The predicted octanol–water partition coefficient (Wildman–Crippen LogP) is 6.54. The molecule has 3 aromatic carbocycles. The van der Waals surface area contributed by atoms with Gasteiger partial charge in [0, 0.05) is 60.9 Å². The van der Waals surface area contributed by atoms with Gasteiger partial charge in [0.15, 0.2) is 12.0 Å². The first kappa shape index (κ1) is 38.5. The summed E-state index contributed by atoms with van der Waals surface area (Å²) in [4.78, 5) is 25.5. The largest absolute Gasteiger partial charge is 0.488 e. The second-order valence-electron chi connectivity index (χ2n) is 15.0. The number of ether oxygens (including phenoxy) is 3. The number of piperazine rings is 1. The van der Waals surface area contributed by atoms with Gasteiger partial charge in [0.05, 0.1) is 19.7 Å². The lowest BCUT2D eigenvalue weighted by Gasteiger charge is -2.37. The molecule has 294 valence electrons. The number of rotatable bonds is 15. The van der Waals surface area contributed by atoms with E-state index in [0.717, 1.165) is 75.0 Å². The third-order valence-electron chi connectivity index (χ3n) is 10.8. The van der Waals surface area contributed by atoms with Gasteiger partial charge in [-0.2, -0.15) is 5.10 Å². The number of carbonyl (C=O) groups excluding carboxylic acids is 1. The Bertz CT molecular complexity index is 1870. The molecule has 3 fully saturated rings. The molecule has 0 aliphatic carbocycles. The van der Waals surface area contributed by atoms with Crippen LogP contribution in [0.3, 0.4) is 0 Å². The zero-order valence-electron chi connectivity index (χ0n) is 31.8. The quantitative estimate of drug-likeness (QED) is 0.135. The second-order valence-corrected chi connectivity index (χ2v) is 15.0. The molecule has 4 heterocycles. The number of halogens is 2. The number of hydrogen-bond acceptors (Lipinski definition) is 9. The molecule has 1 N–H and O–H groups in total. The Balaban J connectivity index is 0.908. The Kier molecular flexibility index (Phi) is 11.6. The van der Waals surface area contributed by atoms with Crippen LogP contribution in [0.2, 0.25) is 0 Å². The lowest BCUT2D eigenvalue weighted by atomic mass is 9.94. The van der Waals surface area contributed by atoms with Crippen LogP contribution >= 0.6 is 0 Å². The highest BCUT2D eigenvalue weighted by atomic mass is 19.1. The van der Waals surface area contributed by atoms with Gasteiger partial charge in [-0.3, -0.25) is 9.80 Å². The molecule has 0 spiro atoms. The van der Waals surface area contributed by atoms with E-state index in [-0.39, 0.29) is 43.9 Å². The molecule has 3 saturated heterocycles. The summed E-state index contributed by atoms with van der Waals surface area (Å²) < 4.78 is 48.4. The third kappa shape index (κ3) is 8.41. The van der Waals surface area contributed by atoms with Gasteiger partial charge in [-0.25, -0.2) is 23.2 Å². The van der Waals surface area contributed by atoms with Crippen molar-refractivity contribution in [3.63, 3.8) is 0 Å². The van der Waals surface area contributed by atoms with Crippen LogP contribution in [0.25, 0.3) is 0 Å². The fourth-order valence-electron chi connectivity index (χ4n) is 8.00. The molecular weight excluding hydrogens is 708 g/mol. The minimum atomic E-state index is -1.24. The van der Waals surface area contributed by atoms with E-state index in [0.29, 0.717) is 12.2 Å². The first-order valence-corrected chi connectivity index (χ1v) is 19.3. The molecule has 0 bridgehead atoms. The summed E-state index contributed by atoms with van der Waals surface area (Å²) in [7, 11) is 0. The SMILES string of the molecule is CCCCCCC1(O)CN(c2ccc(N3CCN(c4ccc(OC[C@H]5OC[C@](Cn6cncn6)(c6ccc(F)cc6F)O5)cc4)CC3)cc2)C(=O)N1C(C)C. The molecule has 4 aromatic rings. The Morgan fingerprint density at radius 1 is 0.927 bits per heavy atom. The molecule has 0 saturated carbocycles. The fraction of sp³-hybridized carbons (Fsp3) is 0.488. The van der Waals surface area contributed by atoms with Crippen molar-refractivity contribution < 1.29 is 32.9 Å². The Morgan fingerprint density at radius 3 is 2.22 bits per heavy atom. The van der Waals surface area contributed by atoms with Crippen molar-refractivity contribution in [1.29, 1.82) is 0 Å². The van der Waals surface area contributed by atoms with E-state index >= 15 is 0 Å². The van der Waals surface area contributed by atoms with Crippen LogP contribution in [0, 0.1) is 11.6 Å². The minimum absolute atomic E-state index is 0.0251. The molecule has 3 aliphatic heterocycles. The van der Waals surface area contributed by atoms with Crippen LogP contribution in [0.15, 0.2) is 79.4 Å². The van der Waals surface area contributed by atoms with Gasteiger partial charge in [0.1, 0.15) is 42.2 Å². The van der Waals surface area contributed by atoms with E-state index in [1.807, 2.05) is 50.2 Å². The molecule has 12 nitrogen and oxygen atoms in total. The first-order valence-electron chi connectivity index (χ1n) is 19.3. The number of urea groups is 1. The number of aromatic nitrogens is 3. The van der Waals surface area contributed by atoms with Gasteiger partial charge in [-0.05, 0) is 81.3 Å². The van der Waals surface area contributed by atoms with Crippen LogP contribution in [-0.2, 0) is 21.6 Å². The van der Waals surface area contributed by atoms with E-state index < -0.39 is 29.3 Å². The van der Waals surface area contributed by atoms with Crippen molar-refractivity contribution in [3.05, 3.63) is 96.6 Å². The molecule has 1 unspecified atom stereocenters. The van der Waals surface area contributed by atoms with Gasteiger partial charge in [0.2, 0.25) is 0 Å². The Hall–Kier alpha value is -4.79. The van der Waals surface area contributed by atoms with Crippen molar-refractivity contribution in [3.8, 4) is 5.75 Å². The van der Waals surface area contributed by atoms with Gasteiger partial charge in [-0.15, -0.1) is 0 Å². The highest BCUT2D eigenvalue weighted by Gasteiger charge is 2.50. The topological polar surface area (TPSA) is 109 Å². The number of nitrogens with zero attached hydrogens (tertiary/aromatic N) is 7. The molecule has 14 heteroatoms. The summed E-state index contributed by atoms with van der Waals surface area (Å²) in [6.45, 7) is 9.91. The highest BCUT2D eigenvalue weighted by molar-refractivity contribution is 5.95. The Labute approximate surface area is 321 Å². The summed E-state index contributed by atoms with van der Waals surface area (Å²) in [5.41, 5.74) is 0.737. The van der Waals surface area contributed by atoms with E-state index in [9.17, 15) is 18.7 Å². The number of benzene rings is 3. The van der Waals surface area contributed by atoms with Crippen LogP contribution in [0.4, 0.5) is 30.6 Å². The maximum atomic E-state index is 15.0. The van der Waals surface area contributed by atoms with Gasteiger partial charge in [-0.1, -0.05) is 32.3 Å². The molecular formula is C41H51F2N7O5. The molecule has 3 atom stereocenters. The van der Waals surface area contributed by atoms with Gasteiger partial charge < -0.3 is 29.1 Å². The van der Waals surface area contributed by atoms with E-state index in [1.54, 1.807) is 9.80 Å². The maximum absolute atomic E-state index is 15.0. The fourth-order valence-corrected chi connectivity index (χ4v) is 8.00. The molecule has 2 amide bonds. The van der Waals surface area contributed by atoms with E-state index in [1.165, 1.54) is 29.5 Å². The maximum Gasteiger partial charge on any atom is 0.327 e. The van der Waals surface area contributed by atoms with Crippen LogP contribution < -0.4 is 19.4 Å². The number of β-amino-alcohol motifs (C(OH)–C–C–N with tert-alkyl or cyclic N) is 1. The number of amides is 2. The summed E-state index contributed by atoms with van der Waals surface area (Å²) >= 11 is 0. The molecule has 1 aromatic heterocycles. The molecule has 7 rings (SSSR count).